The second kappa shape index (κ2) is 11.2. The molecule has 0 radical (unpaired) electrons. The van der Waals surface area contributed by atoms with Crippen molar-refractivity contribution in [3.05, 3.63) is 71.7 Å². The minimum atomic E-state index is -0.413. The van der Waals surface area contributed by atoms with Gasteiger partial charge in [-0.15, -0.1) is 0 Å². The van der Waals surface area contributed by atoms with Gasteiger partial charge in [-0.1, -0.05) is 20.8 Å². The van der Waals surface area contributed by atoms with Gasteiger partial charge >= 0.3 is 0 Å². The number of carbonyl (C=O) groups is 1. The molecule has 0 bridgehead atoms. The SMILES string of the molecule is CN1CCN(c2ccc(Nc3nc(N[C@@H](CO)C(C)(C)C)c4c(C(=O)c5ccc(F)cc5)c[nH]c4n3)cc2)CC1. The number of aromatic amines is 1. The summed E-state index contributed by atoms with van der Waals surface area (Å²) in [5, 5.41) is 17.3. The van der Waals surface area contributed by atoms with E-state index >= 15 is 0 Å². The highest BCUT2D eigenvalue weighted by molar-refractivity contribution is 6.18. The van der Waals surface area contributed by atoms with Crippen molar-refractivity contribution < 1.29 is 14.3 Å². The lowest BCUT2D eigenvalue weighted by Gasteiger charge is -2.34. The van der Waals surface area contributed by atoms with Crippen molar-refractivity contribution in [2.75, 3.05) is 55.4 Å². The molecular weight excluding hydrogens is 509 g/mol. The Morgan fingerprint density at radius 3 is 2.35 bits per heavy atom. The summed E-state index contributed by atoms with van der Waals surface area (Å²) in [6.07, 6.45) is 1.59. The summed E-state index contributed by atoms with van der Waals surface area (Å²) in [5.74, 6) is 0.0663. The number of hydrogen-bond acceptors (Lipinski definition) is 8. The molecule has 0 saturated carbocycles. The number of halogens is 1. The van der Waals surface area contributed by atoms with Crippen LogP contribution in [0.5, 0.6) is 0 Å². The van der Waals surface area contributed by atoms with Crippen molar-refractivity contribution >= 4 is 40.0 Å². The summed E-state index contributed by atoms with van der Waals surface area (Å²) in [7, 11) is 2.14. The normalized spacial score (nSPS) is 15.3. The number of benzene rings is 2. The molecule has 5 rings (SSSR count). The number of nitrogens with one attached hydrogen (secondary N) is 3. The second-order valence-corrected chi connectivity index (χ2v) is 11.4. The van der Waals surface area contributed by atoms with E-state index in [1.807, 2.05) is 32.9 Å². The Hall–Kier alpha value is -4.02. The van der Waals surface area contributed by atoms with Crippen LogP contribution in [0.1, 0.15) is 36.7 Å². The van der Waals surface area contributed by atoms with Crippen LogP contribution in [0.25, 0.3) is 11.0 Å². The van der Waals surface area contributed by atoms with Gasteiger partial charge in [-0.25, -0.2) is 4.39 Å². The summed E-state index contributed by atoms with van der Waals surface area (Å²) >= 11 is 0. The summed E-state index contributed by atoms with van der Waals surface area (Å²) in [6, 6.07) is 13.3. The highest BCUT2D eigenvalue weighted by Gasteiger charge is 2.27. The van der Waals surface area contributed by atoms with E-state index in [2.05, 4.69) is 49.6 Å². The van der Waals surface area contributed by atoms with Gasteiger partial charge < -0.3 is 30.5 Å². The zero-order chi connectivity index (χ0) is 28.4. The van der Waals surface area contributed by atoms with Crippen LogP contribution in [0.4, 0.5) is 27.5 Å². The molecule has 1 atom stereocenters. The number of anilines is 4. The zero-order valence-corrected chi connectivity index (χ0v) is 23.3. The third-order valence-corrected chi connectivity index (χ3v) is 7.41. The Bertz CT molecular complexity index is 1470. The molecule has 0 aliphatic carbocycles. The molecule has 1 aliphatic rings. The quantitative estimate of drug-likeness (QED) is 0.237. The van der Waals surface area contributed by atoms with Crippen molar-refractivity contribution in [3.8, 4) is 0 Å². The molecule has 0 unspecified atom stereocenters. The number of fused-ring (bicyclic) bond motifs is 1. The van der Waals surface area contributed by atoms with E-state index in [0.29, 0.717) is 33.9 Å². The van der Waals surface area contributed by atoms with Gasteiger partial charge in [0.1, 0.15) is 17.3 Å². The van der Waals surface area contributed by atoms with E-state index in [1.54, 1.807) is 6.20 Å². The van der Waals surface area contributed by atoms with Crippen molar-refractivity contribution in [1.82, 2.24) is 19.9 Å². The topological polar surface area (TPSA) is 109 Å². The summed E-state index contributed by atoms with van der Waals surface area (Å²) in [5.41, 5.74) is 2.87. The number of likely N-dealkylation sites (N-methyl/N-ethyl adjacent to an activating group) is 1. The van der Waals surface area contributed by atoms with Gasteiger partial charge in [0, 0.05) is 49.3 Å². The van der Waals surface area contributed by atoms with Crippen LogP contribution in [0, 0.1) is 11.2 Å². The van der Waals surface area contributed by atoms with E-state index in [1.165, 1.54) is 30.0 Å². The number of piperazine rings is 1. The predicted octanol–water partition coefficient (Wildman–Crippen LogP) is 4.64. The molecule has 0 amide bonds. The lowest BCUT2D eigenvalue weighted by Crippen LogP contribution is -2.44. The molecule has 1 fully saturated rings. The average molecular weight is 546 g/mol. The van der Waals surface area contributed by atoms with Crippen LogP contribution < -0.4 is 15.5 Å². The molecule has 10 heteroatoms. The molecule has 0 spiro atoms. The summed E-state index contributed by atoms with van der Waals surface area (Å²) in [6.45, 7) is 9.97. The van der Waals surface area contributed by atoms with Gasteiger partial charge in [-0.05, 0) is 61.0 Å². The van der Waals surface area contributed by atoms with Gasteiger partial charge in [-0.3, -0.25) is 4.79 Å². The molecule has 2 aromatic carbocycles. The number of carbonyl (C=O) groups excluding carboxylic acids is 1. The van der Waals surface area contributed by atoms with Gasteiger partial charge in [0.05, 0.1) is 23.6 Å². The van der Waals surface area contributed by atoms with E-state index in [0.717, 1.165) is 31.9 Å². The maximum atomic E-state index is 13.5. The molecule has 2 aromatic heterocycles. The van der Waals surface area contributed by atoms with Crippen molar-refractivity contribution in [2.24, 2.45) is 5.41 Å². The smallest absolute Gasteiger partial charge is 0.231 e. The number of aliphatic hydroxyl groups is 1. The van der Waals surface area contributed by atoms with Crippen molar-refractivity contribution in [2.45, 2.75) is 26.8 Å². The Kier molecular flexibility index (Phi) is 7.73. The van der Waals surface area contributed by atoms with Gasteiger partial charge in [0.15, 0.2) is 5.78 Å². The van der Waals surface area contributed by atoms with Crippen molar-refractivity contribution in [3.63, 3.8) is 0 Å². The maximum Gasteiger partial charge on any atom is 0.231 e. The predicted molar refractivity (Wildman–Crippen MR) is 157 cm³/mol. The fourth-order valence-corrected chi connectivity index (χ4v) is 4.78. The maximum absolute atomic E-state index is 13.5. The van der Waals surface area contributed by atoms with E-state index < -0.39 is 5.82 Å². The van der Waals surface area contributed by atoms with E-state index in [-0.39, 0.29) is 23.8 Å². The third kappa shape index (κ3) is 5.93. The molecule has 210 valence electrons. The molecule has 1 saturated heterocycles. The molecule has 4 aromatic rings. The summed E-state index contributed by atoms with van der Waals surface area (Å²) in [4.78, 5) is 30.6. The van der Waals surface area contributed by atoms with Crippen LogP contribution in [0.15, 0.2) is 54.7 Å². The Labute approximate surface area is 233 Å². The largest absolute Gasteiger partial charge is 0.394 e. The molecule has 40 heavy (non-hydrogen) atoms. The first-order valence-electron chi connectivity index (χ1n) is 13.5. The zero-order valence-electron chi connectivity index (χ0n) is 23.3. The number of nitrogens with zero attached hydrogens (tertiary/aromatic N) is 4. The molecule has 1 aliphatic heterocycles. The number of hydrogen-bond donors (Lipinski definition) is 4. The fraction of sp³-hybridized carbons (Fsp3) is 0.367. The van der Waals surface area contributed by atoms with Crippen LogP contribution >= 0.6 is 0 Å². The Morgan fingerprint density at radius 2 is 1.73 bits per heavy atom. The molecular formula is C30H36FN7O2. The Balaban J connectivity index is 1.48. The van der Waals surface area contributed by atoms with E-state index in [4.69, 9.17) is 4.98 Å². The molecule has 9 nitrogen and oxygen atoms in total. The van der Waals surface area contributed by atoms with Crippen LogP contribution in [0.3, 0.4) is 0 Å². The molecule has 4 N–H and O–H groups in total. The standard InChI is InChI=1S/C30H36FN7O2/c1-30(2,3)24(18-39)34-28-25-23(26(40)19-5-7-20(31)8-6-19)17-32-27(25)35-29(36-28)33-21-9-11-22(12-10-21)38-15-13-37(4)14-16-38/h5-12,17,24,39H,13-16,18H2,1-4H3,(H3,32,33,34,35,36)/t24-/m0/s1. The first kappa shape index (κ1) is 27.5. The lowest BCUT2D eigenvalue weighted by atomic mass is 9.87. The highest BCUT2D eigenvalue weighted by Crippen LogP contribution is 2.32. The van der Waals surface area contributed by atoms with Crippen molar-refractivity contribution in [1.29, 1.82) is 0 Å². The van der Waals surface area contributed by atoms with E-state index in [9.17, 15) is 14.3 Å². The number of ketones is 1. The first-order valence-corrected chi connectivity index (χ1v) is 13.5. The van der Waals surface area contributed by atoms with Gasteiger partial charge in [0.25, 0.3) is 0 Å². The fourth-order valence-electron chi connectivity index (χ4n) is 4.78. The van der Waals surface area contributed by atoms with Gasteiger partial charge in [-0.2, -0.15) is 9.97 Å². The van der Waals surface area contributed by atoms with Crippen LogP contribution in [0.2, 0.25) is 0 Å². The average Bonchev–Trinajstić information content (AvgIpc) is 3.36. The van der Waals surface area contributed by atoms with Crippen LogP contribution in [-0.2, 0) is 0 Å². The third-order valence-electron chi connectivity index (χ3n) is 7.41. The number of aromatic nitrogens is 3. The Morgan fingerprint density at radius 1 is 1.05 bits per heavy atom. The minimum absolute atomic E-state index is 0.128. The van der Waals surface area contributed by atoms with Gasteiger partial charge in [0.2, 0.25) is 5.95 Å². The van der Waals surface area contributed by atoms with Crippen LogP contribution in [-0.4, -0.2) is 76.6 Å². The second-order valence-electron chi connectivity index (χ2n) is 11.4. The highest BCUT2D eigenvalue weighted by atomic mass is 19.1. The summed E-state index contributed by atoms with van der Waals surface area (Å²) < 4.78 is 13.5. The first-order chi connectivity index (χ1) is 19.1. The minimum Gasteiger partial charge on any atom is -0.394 e. The lowest BCUT2D eigenvalue weighted by molar-refractivity contribution is 0.104. The number of aliphatic hydroxyl groups excluding tert-OH is 1. The number of rotatable bonds is 8. The molecule has 3 heterocycles. The monoisotopic (exact) mass is 545 g/mol. The number of H-pyrrole nitrogens is 1.